The molecule has 0 saturated carbocycles. The van der Waals surface area contributed by atoms with Crippen molar-refractivity contribution < 1.29 is 0 Å². The summed E-state index contributed by atoms with van der Waals surface area (Å²) in [7, 11) is 0. The van der Waals surface area contributed by atoms with Gasteiger partial charge in [-0.1, -0.05) is 61.5 Å². The molecule has 0 radical (unpaired) electrons. The number of aromatic nitrogens is 7. The second kappa shape index (κ2) is 8.91. The van der Waals surface area contributed by atoms with Gasteiger partial charge in [0.05, 0.1) is 12.6 Å². The first-order valence-corrected chi connectivity index (χ1v) is 10.4. The van der Waals surface area contributed by atoms with Gasteiger partial charge in [-0.15, -0.1) is 10.2 Å². The van der Waals surface area contributed by atoms with E-state index >= 15 is 0 Å². The summed E-state index contributed by atoms with van der Waals surface area (Å²) in [6.07, 6.45) is 4.81. The molecule has 2 heterocycles. The predicted octanol–water partition coefficient (Wildman–Crippen LogP) is 3.94. The van der Waals surface area contributed by atoms with Crippen molar-refractivity contribution in [2.75, 3.05) is 0 Å². The van der Waals surface area contributed by atoms with E-state index in [0.717, 1.165) is 28.7 Å². The maximum Gasteiger partial charge on any atom is 0.346 e. The molecule has 158 valence electrons. The molecule has 0 fully saturated rings. The number of tetrazole rings is 1. The third-order valence-corrected chi connectivity index (χ3v) is 5.02. The lowest BCUT2D eigenvalue weighted by atomic mass is 9.98. The van der Waals surface area contributed by atoms with Crippen LogP contribution >= 0.6 is 0 Å². The highest BCUT2D eigenvalue weighted by Crippen LogP contribution is 2.29. The molecular weight excluding hydrogens is 390 g/mol. The van der Waals surface area contributed by atoms with Crippen LogP contribution < -0.4 is 5.69 Å². The number of rotatable bonds is 7. The van der Waals surface area contributed by atoms with Gasteiger partial charge in [-0.25, -0.2) is 9.48 Å². The van der Waals surface area contributed by atoms with Crippen molar-refractivity contribution in [3.05, 3.63) is 76.5 Å². The minimum absolute atomic E-state index is 0.00606. The molecule has 0 atom stereocenters. The van der Waals surface area contributed by atoms with Gasteiger partial charge in [-0.3, -0.25) is 4.57 Å². The fraction of sp³-hybridized carbons (Fsp3) is 0.261. The summed E-state index contributed by atoms with van der Waals surface area (Å²) < 4.78 is 3.25. The fourth-order valence-corrected chi connectivity index (χ4v) is 3.44. The van der Waals surface area contributed by atoms with Gasteiger partial charge in [-0.05, 0) is 48.2 Å². The summed E-state index contributed by atoms with van der Waals surface area (Å²) in [4.78, 5) is 12.9. The van der Waals surface area contributed by atoms with Crippen molar-refractivity contribution in [1.82, 2.24) is 35.0 Å². The zero-order chi connectivity index (χ0) is 21.8. The van der Waals surface area contributed by atoms with Crippen molar-refractivity contribution >= 4 is 6.08 Å². The second-order valence-electron chi connectivity index (χ2n) is 7.55. The minimum atomic E-state index is -0.0997. The smallest absolute Gasteiger partial charge is 0.271 e. The molecule has 0 saturated heterocycles. The Labute approximate surface area is 180 Å². The van der Waals surface area contributed by atoms with E-state index in [0.29, 0.717) is 18.2 Å². The predicted molar refractivity (Wildman–Crippen MR) is 120 cm³/mol. The number of H-pyrrole nitrogens is 1. The van der Waals surface area contributed by atoms with Crippen LogP contribution in [0.5, 0.6) is 0 Å². The summed E-state index contributed by atoms with van der Waals surface area (Å²) in [6.45, 7) is 6.44. The lowest BCUT2D eigenvalue weighted by Gasteiger charge is -2.09. The zero-order valence-electron chi connectivity index (χ0n) is 17.9. The quantitative estimate of drug-likeness (QED) is 0.493. The van der Waals surface area contributed by atoms with E-state index in [1.165, 1.54) is 4.68 Å². The largest absolute Gasteiger partial charge is 0.346 e. The van der Waals surface area contributed by atoms with Crippen LogP contribution in [0.4, 0.5) is 0 Å². The summed E-state index contributed by atoms with van der Waals surface area (Å²) in [5.74, 6) is 1.23. The Morgan fingerprint density at radius 2 is 1.81 bits per heavy atom. The first kappa shape index (κ1) is 20.5. The molecule has 4 aromatic rings. The molecule has 8 nitrogen and oxygen atoms in total. The van der Waals surface area contributed by atoms with Gasteiger partial charge in [0.1, 0.15) is 0 Å². The Morgan fingerprint density at radius 3 is 2.45 bits per heavy atom. The van der Waals surface area contributed by atoms with Gasteiger partial charge in [0.25, 0.3) is 0 Å². The number of hydrogen-bond donors (Lipinski definition) is 1. The zero-order valence-corrected chi connectivity index (χ0v) is 17.9. The van der Waals surface area contributed by atoms with E-state index in [1.807, 2.05) is 74.5 Å². The summed E-state index contributed by atoms with van der Waals surface area (Å²) >= 11 is 0. The lowest BCUT2D eigenvalue weighted by molar-refractivity contribution is 0.506. The molecule has 0 amide bonds. The molecule has 31 heavy (non-hydrogen) atoms. The van der Waals surface area contributed by atoms with E-state index in [1.54, 1.807) is 4.57 Å². The Balaban J connectivity index is 1.66. The van der Waals surface area contributed by atoms with Gasteiger partial charge in [0, 0.05) is 5.56 Å². The Kier molecular flexibility index (Phi) is 5.88. The lowest BCUT2D eigenvalue weighted by Crippen LogP contribution is -2.26. The van der Waals surface area contributed by atoms with Gasteiger partial charge in [0.15, 0.2) is 5.82 Å². The third kappa shape index (κ3) is 4.23. The highest BCUT2D eigenvalue weighted by atomic mass is 16.2. The molecule has 2 aromatic carbocycles. The fourth-order valence-electron chi connectivity index (χ4n) is 3.44. The van der Waals surface area contributed by atoms with Crippen molar-refractivity contribution in [3.8, 4) is 22.5 Å². The molecule has 0 aliphatic rings. The van der Waals surface area contributed by atoms with Gasteiger partial charge < -0.3 is 0 Å². The van der Waals surface area contributed by atoms with E-state index in [2.05, 4.69) is 32.6 Å². The van der Waals surface area contributed by atoms with Crippen LogP contribution in [0.1, 0.15) is 44.6 Å². The number of allylic oxidation sites excluding steroid dienone is 1. The SMILES string of the molecule is CCC=Cc1nn(C(C)C)c(=O)n1Cc1ccc(-c2ccccc2-c2nn[nH]n2)cc1. The standard InChI is InChI=1S/C23H25N7O/c1-4-5-10-21-26-30(16(2)3)23(31)29(21)15-17-11-13-18(14-12-17)19-8-6-7-9-20(19)22-24-27-28-25-22/h5-14,16H,4,15H2,1-3H3,(H,24,25,27,28). The summed E-state index contributed by atoms with van der Waals surface area (Å²) in [5.41, 5.74) is 3.90. The van der Waals surface area contributed by atoms with Crippen LogP contribution in [0, 0.1) is 0 Å². The molecule has 0 aliphatic carbocycles. The van der Waals surface area contributed by atoms with Crippen molar-refractivity contribution in [2.24, 2.45) is 0 Å². The molecule has 4 rings (SSSR count). The number of aromatic amines is 1. The molecular formula is C23H25N7O. The van der Waals surface area contributed by atoms with Gasteiger partial charge in [-0.2, -0.15) is 10.3 Å². The average molecular weight is 416 g/mol. The number of benzene rings is 2. The Morgan fingerprint density at radius 1 is 1.06 bits per heavy atom. The molecule has 2 aromatic heterocycles. The van der Waals surface area contributed by atoms with Crippen molar-refractivity contribution in [3.63, 3.8) is 0 Å². The second-order valence-corrected chi connectivity index (χ2v) is 7.55. The molecule has 1 N–H and O–H groups in total. The molecule has 8 heteroatoms. The van der Waals surface area contributed by atoms with Crippen LogP contribution in [-0.2, 0) is 6.54 Å². The van der Waals surface area contributed by atoms with E-state index in [-0.39, 0.29) is 11.7 Å². The van der Waals surface area contributed by atoms with Crippen molar-refractivity contribution in [1.29, 1.82) is 0 Å². The van der Waals surface area contributed by atoms with E-state index < -0.39 is 0 Å². The highest BCUT2D eigenvalue weighted by Gasteiger charge is 2.14. The van der Waals surface area contributed by atoms with Gasteiger partial charge in [0.2, 0.25) is 5.82 Å². The maximum absolute atomic E-state index is 12.9. The third-order valence-electron chi connectivity index (χ3n) is 5.02. The van der Waals surface area contributed by atoms with Gasteiger partial charge >= 0.3 is 5.69 Å². The van der Waals surface area contributed by atoms with Crippen LogP contribution in [0.25, 0.3) is 28.6 Å². The number of nitrogens with zero attached hydrogens (tertiary/aromatic N) is 6. The van der Waals surface area contributed by atoms with E-state index in [4.69, 9.17) is 0 Å². The van der Waals surface area contributed by atoms with Crippen LogP contribution in [0.2, 0.25) is 0 Å². The minimum Gasteiger partial charge on any atom is -0.271 e. The summed E-state index contributed by atoms with van der Waals surface area (Å²) in [6, 6.07) is 16.1. The number of nitrogens with one attached hydrogen (secondary N) is 1. The maximum atomic E-state index is 12.9. The Bertz CT molecular complexity index is 1230. The molecule has 0 aliphatic heterocycles. The first-order valence-electron chi connectivity index (χ1n) is 10.4. The van der Waals surface area contributed by atoms with Crippen LogP contribution in [-0.4, -0.2) is 35.0 Å². The highest BCUT2D eigenvalue weighted by molar-refractivity contribution is 5.80. The van der Waals surface area contributed by atoms with Crippen LogP contribution in [0.15, 0.2) is 59.4 Å². The molecule has 0 bridgehead atoms. The normalized spacial score (nSPS) is 11.6. The molecule has 0 unspecified atom stereocenters. The molecule has 0 spiro atoms. The topological polar surface area (TPSA) is 94.3 Å². The number of hydrogen-bond acceptors (Lipinski definition) is 5. The first-order chi connectivity index (χ1) is 15.1. The van der Waals surface area contributed by atoms with Crippen LogP contribution in [0.3, 0.4) is 0 Å². The van der Waals surface area contributed by atoms with Crippen molar-refractivity contribution in [2.45, 2.75) is 39.8 Å². The van der Waals surface area contributed by atoms with E-state index in [9.17, 15) is 4.79 Å². The average Bonchev–Trinajstić information content (AvgIpc) is 3.42. The summed E-state index contributed by atoms with van der Waals surface area (Å²) in [5, 5.41) is 18.9. The Hall–Kier alpha value is -3.81. The monoisotopic (exact) mass is 415 g/mol.